The molecule has 1 saturated carbocycles. The zero-order valence-corrected chi connectivity index (χ0v) is 11.1. The van der Waals surface area contributed by atoms with E-state index in [0.717, 1.165) is 11.1 Å². The van der Waals surface area contributed by atoms with E-state index in [9.17, 15) is 4.79 Å². The Kier molecular flexibility index (Phi) is 3.16. The van der Waals surface area contributed by atoms with Crippen LogP contribution in [0.25, 0.3) is 0 Å². The van der Waals surface area contributed by atoms with Crippen LogP contribution in [0, 0.1) is 6.92 Å². The first kappa shape index (κ1) is 12.1. The van der Waals surface area contributed by atoms with Crippen LogP contribution >= 0.6 is 0 Å². The lowest BCUT2D eigenvalue weighted by atomic mass is 9.79. The summed E-state index contributed by atoms with van der Waals surface area (Å²) in [5, 5.41) is 0. The molecule has 2 aromatic rings. The highest BCUT2D eigenvalue weighted by atomic mass is 16.1. The van der Waals surface area contributed by atoms with Gasteiger partial charge in [0.25, 0.3) is 0 Å². The van der Waals surface area contributed by atoms with Crippen LogP contribution in [-0.4, -0.2) is 10.8 Å². The average molecular weight is 251 g/mol. The van der Waals surface area contributed by atoms with Gasteiger partial charge in [-0.25, -0.2) is 0 Å². The zero-order chi connectivity index (χ0) is 13.2. The number of hydrogen-bond acceptors (Lipinski definition) is 2. The Labute approximate surface area is 113 Å². The maximum absolute atomic E-state index is 12.4. The molecule has 3 rings (SSSR count). The lowest BCUT2D eigenvalue weighted by molar-refractivity contribution is 0.103. The van der Waals surface area contributed by atoms with Crippen LogP contribution in [-0.2, 0) is 0 Å². The Bertz CT molecular complexity index is 614. The van der Waals surface area contributed by atoms with Gasteiger partial charge in [-0.15, -0.1) is 0 Å². The third-order valence-electron chi connectivity index (χ3n) is 3.87. The summed E-state index contributed by atoms with van der Waals surface area (Å²) in [6.45, 7) is 1.98. The van der Waals surface area contributed by atoms with E-state index in [1.165, 1.54) is 24.8 Å². The van der Waals surface area contributed by atoms with E-state index in [2.05, 4.69) is 11.1 Å². The monoisotopic (exact) mass is 251 g/mol. The van der Waals surface area contributed by atoms with Crippen LogP contribution in [0.4, 0.5) is 0 Å². The number of carbonyl (C=O) groups is 1. The van der Waals surface area contributed by atoms with Gasteiger partial charge in [0.15, 0.2) is 0 Å². The van der Waals surface area contributed by atoms with E-state index in [1.807, 2.05) is 37.3 Å². The Morgan fingerprint density at radius 3 is 2.74 bits per heavy atom. The first-order chi connectivity index (χ1) is 9.24. The fraction of sp³-hybridized carbons (Fsp3) is 0.294. The summed E-state index contributed by atoms with van der Waals surface area (Å²) in [5.74, 6) is 0.670. The number of nitrogens with zero attached hydrogens (tertiary/aromatic N) is 1. The normalized spacial score (nSPS) is 15.0. The molecular formula is C17H17NO. The van der Waals surface area contributed by atoms with Crippen LogP contribution < -0.4 is 0 Å². The lowest BCUT2D eigenvalue weighted by Crippen LogP contribution is -2.10. The molecule has 1 aliphatic rings. The summed E-state index contributed by atoms with van der Waals surface area (Å²) in [4.78, 5) is 16.6. The van der Waals surface area contributed by atoms with Crippen molar-refractivity contribution in [1.29, 1.82) is 0 Å². The molecule has 1 heterocycles. The topological polar surface area (TPSA) is 30.0 Å². The second-order valence-electron chi connectivity index (χ2n) is 5.30. The van der Waals surface area contributed by atoms with Gasteiger partial charge in [-0.05, 0) is 55.0 Å². The van der Waals surface area contributed by atoms with Crippen LogP contribution in [0.1, 0.15) is 52.4 Å². The van der Waals surface area contributed by atoms with Crippen molar-refractivity contribution in [2.24, 2.45) is 0 Å². The quantitative estimate of drug-likeness (QED) is 0.775. The first-order valence-electron chi connectivity index (χ1n) is 6.81. The van der Waals surface area contributed by atoms with Gasteiger partial charge in [-0.2, -0.15) is 0 Å². The number of aromatic nitrogens is 1. The number of hydrogen-bond donors (Lipinski definition) is 0. The molecule has 96 valence electrons. The molecule has 0 radical (unpaired) electrons. The number of pyridine rings is 1. The van der Waals surface area contributed by atoms with Gasteiger partial charge in [-0.3, -0.25) is 9.78 Å². The molecule has 0 bridgehead atoms. The van der Waals surface area contributed by atoms with Crippen molar-refractivity contribution in [2.75, 3.05) is 0 Å². The number of aryl methyl sites for hydroxylation is 1. The van der Waals surface area contributed by atoms with E-state index in [-0.39, 0.29) is 5.78 Å². The van der Waals surface area contributed by atoms with Crippen LogP contribution in [0.2, 0.25) is 0 Å². The van der Waals surface area contributed by atoms with E-state index >= 15 is 0 Å². The number of ketones is 1. The molecule has 0 N–H and O–H groups in total. The molecular weight excluding hydrogens is 234 g/mol. The fourth-order valence-corrected chi connectivity index (χ4v) is 2.48. The van der Waals surface area contributed by atoms with Gasteiger partial charge in [0.2, 0.25) is 5.78 Å². The van der Waals surface area contributed by atoms with Crippen LogP contribution in [0.3, 0.4) is 0 Å². The Hall–Kier alpha value is -1.96. The van der Waals surface area contributed by atoms with E-state index in [4.69, 9.17) is 0 Å². The summed E-state index contributed by atoms with van der Waals surface area (Å²) in [5.41, 5.74) is 3.64. The molecule has 0 saturated heterocycles. The van der Waals surface area contributed by atoms with Gasteiger partial charge >= 0.3 is 0 Å². The Balaban J connectivity index is 1.91. The number of benzene rings is 1. The first-order valence-corrected chi connectivity index (χ1v) is 6.81. The van der Waals surface area contributed by atoms with Crippen molar-refractivity contribution < 1.29 is 4.79 Å². The molecule has 19 heavy (non-hydrogen) atoms. The SMILES string of the molecule is Cc1ccnc(C(=O)c2cccc(C3CCC3)c2)c1. The molecule has 0 amide bonds. The minimum atomic E-state index is 0.0184. The van der Waals surface area contributed by atoms with E-state index in [1.54, 1.807) is 6.20 Å². The maximum atomic E-state index is 12.4. The number of rotatable bonds is 3. The Morgan fingerprint density at radius 1 is 1.21 bits per heavy atom. The largest absolute Gasteiger partial charge is 0.287 e. The highest BCUT2D eigenvalue weighted by molar-refractivity contribution is 6.07. The van der Waals surface area contributed by atoms with Gasteiger partial charge in [0, 0.05) is 11.8 Å². The van der Waals surface area contributed by atoms with Crippen molar-refractivity contribution in [3.8, 4) is 0 Å². The van der Waals surface area contributed by atoms with Gasteiger partial charge in [0.05, 0.1) is 0 Å². The van der Waals surface area contributed by atoms with Crippen molar-refractivity contribution >= 4 is 5.78 Å². The molecule has 2 nitrogen and oxygen atoms in total. The van der Waals surface area contributed by atoms with Gasteiger partial charge in [0.1, 0.15) is 5.69 Å². The summed E-state index contributed by atoms with van der Waals surface area (Å²) < 4.78 is 0. The molecule has 0 aliphatic heterocycles. The summed E-state index contributed by atoms with van der Waals surface area (Å²) in [6.07, 6.45) is 5.50. The second-order valence-corrected chi connectivity index (χ2v) is 5.30. The predicted molar refractivity (Wildman–Crippen MR) is 75.4 cm³/mol. The van der Waals surface area contributed by atoms with Gasteiger partial charge in [-0.1, -0.05) is 24.6 Å². The molecule has 0 spiro atoms. The molecule has 1 aromatic heterocycles. The smallest absolute Gasteiger partial charge is 0.211 e. The molecule has 0 unspecified atom stereocenters. The van der Waals surface area contributed by atoms with E-state index < -0.39 is 0 Å². The summed E-state index contributed by atoms with van der Waals surface area (Å²) >= 11 is 0. The molecule has 1 aliphatic carbocycles. The van der Waals surface area contributed by atoms with Crippen molar-refractivity contribution in [2.45, 2.75) is 32.1 Å². The molecule has 0 atom stereocenters. The lowest BCUT2D eigenvalue weighted by Gasteiger charge is -2.26. The third kappa shape index (κ3) is 2.43. The molecule has 1 aromatic carbocycles. The van der Waals surface area contributed by atoms with Crippen molar-refractivity contribution in [3.05, 3.63) is 65.0 Å². The standard InChI is InChI=1S/C17H17NO/c1-12-8-9-18-16(10-12)17(19)15-7-3-6-14(11-15)13-4-2-5-13/h3,6-11,13H,2,4-5H2,1H3. The van der Waals surface area contributed by atoms with Crippen molar-refractivity contribution in [3.63, 3.8) is 0 Å². The van der Waals surface area contributed by atoms with Crippen LogP contribution in [0.5, 0.6) is 0 Å². The fourth-order valence-electron chi connectivity index (χ4n) is 2.48. The molecule has 1 fully saturated rings. The van der Waals surface area contributed by atoms with Gasteiger partial charge < -0.3 is 0 Å². The second kappa shape index (κ2) is 4.96. The van der Waals surface area contributed by atoms with E-state index in [0.29, 0.717) is 11.6 Å². The third-order valence-corrected chi connectivity index (χ3v) is 3.87. The zero-order valence-electron chi connectivity index (χ0n) is 11.1. The molecule has 2 heteroatoms. The Morgan fingerprint density at radius 2 is 2.05 bits per heavy atom. The average Bonchev–Trinajstić information content (AvgIpc) is 2.36. The minimum absolute atomic E-state index is 0.0184. The minimum Gasteiger partial charge on any atom is -0.287 e. The highest BCUT2D eigenvalue weighted by Crippen LogP contribution is 2.36. The maximum Gasteiger partial charge on any atom is 0.211 e. The van der Waals surface area contributed by atoms with Crippen LogP contribution in [0.15, 0.2) is 42.6 Å². The summed E-state index contributed by atoms with van der Waals surface area (Å²) in [7, 11) is 0. The predicted octanol–water partition coefficient (Wildman–Crippen LogP) is 3.89. The number of carbonyl (C=O) groups excluding carboxylic acids is 1. The highest BCUT2D eigenvalue weighted by Gasteiger charge is 2.20. The van der Waals surface area contributed by atoms with Crippen molar-refractivity contribution in [1.82, 2.24) is 4.98 Å². The summed E-state index contributed by atoms with van der Waals surface area (Å²) in [6, 6.07) is 11.8.